The van der Waals surface area contributed by atoms with Crippen LogP contribution in [-0.2, 0) is 9.59 Å². The first kappa shape index (κ1) is 19.1. The van der Waals surface area contributed by atoms with Crippen LogP contribution in [0.15, 0.2) is 30.3 Å². The van der Waals surface area contributed by atoms with E-state index in [0.717, 1.165) is 11.1 Å². The maximum Gasteiger partial charge on any atom is 0.314 e. The summed E-state index contributed by atoms with van der Waals surface area (Å²) in [5, 5.41) is 5.14. The molecule has 0 saturated carbocycles. The van der Waals surface area contributed by atoms with Gasteiger partial charge in [-0.1, -0.05) is 12.1 Å². The van der Waals surface area contributed by atoms with Crippen LogP contribution in [0.25, 0.3) is 0 Å². The van der Waals surface area contributed by atoms with Gasteiger partial charge in [0.05, 0.1) is 21.3 Å². The lowest BCUT2D eigenvalue weighted by atomic mass is 10.1. The number of hydrogen-bond donors (Lipinski definition) is 2. The summed E-state index contributed by atoms with van der Waals surface area (Å²) in [4.78, 5) is 24.4. The molecule has 0 radical (unpaired) electrons. The number of ether oxygens (including phenoxy) is 3. The number of methoxy groups -OCH3 is 3. The van der Waals surface area contributed by atoms with Crippen molar-refractivity contribution in [3.8, 4) is 17.2 Å². The number of anilines is 2. The standard InChI is InChI=1S/C19H22N2O5/c1-11-6-7-12(2)14(8-11)21-19(23)18(22)20-13-9-15(24-3)17(26-5)16(10-13)25-4/h6-10H,1-5H3,(H,20,22)(H,21,23). The third-order valence-corrected chi connectivity index (χ3v) is 3.77. The van der Waals surface area contributed by atoms with Gasteiger partial charge >= 0.3 is 11.8 Å². The molecule has 0 aliphatic heterocycles. The molecule has 0 bridgehead atoms. The second kappa shape index (κ2) is 8.24. The van der Waals surface area contributed by atoms with Gasteiger partial charge in [0.1, 0.15) is 0 Å². The Morgan fingerprint density at radius 3 is 1.92 bits per heavy atom. The molecule has 0 saturated heterocycles. The van der Waals surface area contributed by atoms with Crippen molar-refractivity contribution in [3.05, 3.63) is 41.5 Å². The summed E-state index contributed by atoms with van der Waals surface area (Å²) >= 11 is 0. The number of hydrogen-bond acceptors (Lipinski definition) is 5. The molecule has 0 fully saturated rings. The predicted molar refractivity (Wildman–Crippen MR) is 99.3 cm³/mol. The van der Waals surface area contributed by atoms with E-state index in [1.165, 1.54) is 21.3 Å². The Bertz CT molecular complexity index is 808. The lowest BCUT2D eigenvalue weighted by Crippen LogP contribution is -2.29. The first-order valence-electron chi connectivity index (χ1n) is 7.89. The van der Waals surface area contributed by atoms with Gasteiger partial charge in [-0.25, -0.2) is 0 Å². The topological polar surface area (TPSA) is 85.9 Å². The van der Waals surface area contributed by atoms with Crippen LogP contribution in [0.2, 0.25) is 0 Å². The summed E-state index contributed by atoms with van der Waals surface area (Å²) < 4.78 is 15.7. The monoisotopic (exact) mass is 358 g/mol. The first-order chi connectivity index (χ1) is 12.4. The van der Waals surface area contributed by atoms with Gasteiger partial charge in [-0.3, -0.25) is 9.59 Å². The molecule has 2 N–H and O–H groups in total. The van der Waals surface area contributed by atoms with E-state index in [-0.39, 0.29) is 0 Å². The average molecular weight is 358 g/mol. The minimum atomic E-state index is -0.805. The fraction of sp³-hybridized carbons (Fsp3) is 0.263. The van der Waals surface area contributed by atoms with Crippen LogP contribution in [0.3, 0.4) is 0 Å². The van der Waals surface area contributed by atoms with Crippen LogP contribution in [0.1, 0.15) is 11.1 Å². The van der Waals surface area contributed by atoms with Crippen LogP contribution in [0, 0.1) is 13.8 Å². The van der Waals surface area contributed by atoms with Gasteiger partial charge in [0, 0.05) is 23.5 Å². The Morgan fingerprint density at radius 2 is 1.38 bits per heavy atom. The Hall–Kier alpha value is -3.22. The number of benzene rings is 2. The number of aryl methyl sites for hydroxylation is 2. The minimum absolute atomic E-state index is 0.348. The van der Waals surface area contributed by atoms with E-state index in [9.17, 15) is 9.59 Å². The summed E-state index contributed by atoms with van der Waals surface area (Å²) in [5.74, 6) is -0.436. The van der Waals surface area contributed by atoms with Crippen molar-refractivity contribution in [1.82, 2.24) is 0 Å². The third kappa shape index (κ3) is 4.24. The molecule has 2 amide bonds. The number of amides is 2. The SMILES string of the molecule is COc1cc(NC(=O)C(=O)Nc2cc(C)ccc2C)cc(OC)c1OC. The molecular weight excluding hydrogens is 336 g/mol. The quantitative estimate of drug-likeness (QED) is 0.803. The maximum absolute atomic E-state index is 12.2. The van der Waals surface area contributed by atoms with Gasteiger partial charge in [0.2, 0.25) is 5.75 Å². The molecule has 0 heterocycles. The molecule has 2 aromatic rings. The molecule has 0 aromatic heterocycles. The smallest absolute Gasteiger partial charge is 0.314 e. The van der Waals surface area contributed by atoms with Crippen LogP contribution >= 0.6 is 0 Å². The van der Waals surface area contributed by atoms with E-state index in [4.69, 9.17) is 14.2 Å². The summed E-state index contributed by atoms with van der Waals surface area (Å²) in [6, 6.07) is 8.71. The van der Waals surface area contributed by atoms with Crippen molar-refractivity contribution in [2.45, 2.75) is 13.8 Å². The van der Waals surface area contributed by atoms with E-state index < -0.39 is 11.8 Å². The van der Waals surface area contributed by atoms with Crippen molar-refractivity contribution in [2.24, 2.45) is 0 Å². The first-order valence-corrected chi connectivity index (χ1v) is 7.89. The normalized spacial score (nSPS) is 10.0. The highest BCUT2D eigenvalue weighted by Gasteiger charge is 2.18. The summed E-state index contributed by atoms with van der Waals surface area (Å²) in [7, 11) is 4.42. The average Bonchev–Trinajstić information content (AvgIpc) is 2.63. The van der Waals surface area contributed by atoms with Crippen molar-refractivity contribution < 1.29 is 23.8 Å². The number of rotatable bonds is 5. The fourth-order valence-corrected chi connectivity index (χ4v) is 2.39. The van der Waals surface area contributed by atoms with Crippen LogP contribution in [0.4, 0.5) is 11.4 Å². The van der Waals surface area contributed by atoms with Crippen molar-refractivity contribution >= 4 is 23.2 Å². The zero-order chi connectivity index (χ0) is 19.3. The number of carbonyl (C=O) groups is 2. The molecule has 0 unspecified atom stereocenters. The van der Waals surface area contributed by atoms with E-state index in [1.807, 2.05) is 26.0 Å². The van der Waals surface area contributed by atoms with Gasteiger partial charge in [-0.05, 0) is 31.0 Å². The molecule has 26 heavy (non-hydrogen) atoms. The molecule has 2 rings (SSSR count). The molecule has 0 aliphatic rings. The Morgan fingerprint density at radius 1 is 0.808 bits per heavy atom. The second-order valence-corrected chi connectivity index (χ2v) is 5.64. The van der Waals surface area contributed by atoms with Crippen molar-refractivity contribution in [1.29, 1.82) is 0 Å². The number of carbonyl (C=O) groups excluding carboxylic acids is 2. The van der Waals surface area contributed by atoms with Gasteiger partial charge in [0.15, 0.2) is 11.5 Å². The molecular formula is C19H22N2O5. The minimum Gasteiger partial charge on any atom is -0.493 e. The maximum atomic E-state index is 12.2. The summed E-state index contributed by atoms with van der Waals surface area (Å²) in [5.41, 5.74) is 2.79. The molecule has 0 atom stereocenters. The van der Waals surface area contributed by atoms with Crippen LogP contribution in [0.5, 0.6) is 17.2 Å². The third-order valence-electron chi connectivity index (χ3n) is 3.77. The molecule has 7 heteroatoms. The zero-order valence-corrected chi connectivity index (χ0v) is 15.4. The van der Waals surface area contributed by atoms with Gasteiger partial charge < -0.3 is 24.8 Å². The van der Waals surface area contributed by atoms with Crippen LogP contribution < -0.4 is 24.8 Å². The van der Waals surface area contributed by atoms with Crippen LogP contribution in [-0.4, -0.2) is 33.1 Å². The zero-order valence-electron chi connectivity index (χ0n) is 15.4. The largest absolute Gasteiger partial charge is 0.493 e. The van der Waals surface area contributed by atoms with Gasteiger partial charge in [-0.15, -0.1) is 0 Å². The highest BCUT2D eigenvalue weighted by Crippen LogP contribution is 2.39. The van der Waals surface area contributed by atoms with E-state index >= 15 is 0 Å². The lowest BCUT2D eigenvalue weighted by Gasteiger charge is -2.14. The Balaban J connectivity index is 2.18. The Labute approximate surface area is 152 Å². The fourth-order valence-electron chi connectivity index (χ4n) is 2.39. The molecule has 138 valence electrons. The molecule has 2 aromatic carbocycles. The van der Waals surface area contributed by atoms with Gasteiger partial charge in [-0.2, -0.15) is 0 Å². The summed E-state index contributed by atoms with van der Waals surface area (Å²) in [6.07, 6.45) is 0. The van der Waals surface area contributed by atoms with Crippen molar-refractivity contribution in [2.75, 3.05) is 32.0 Å². The Kier molecular flexibility index (Phi) is 6.06. The molecule has 0 spiro atoms. The molecule has 7 nitrogen and oxygen atoms in total. The van der Waals surface area contributed by atoms with E-state index in [2.05, 4.69) is 10.6 Å². The highest BCUT2D eigenvalue weighted by atomic mass is 16.5. The predicted octanol–water partition coefficient (Wildman–Crippen LogP) is 2.91. The highest BCUT2D eigenvalue weighted by molar-refractivity contribution is 6.43. The number of nitrogens with one attached hydrogen (secondary N) is 2. The molecule has 0 aliphatic carbocycles. The van der Waals surface area contributed by atoms with E-state index in [0.29, 0.717) is 28.6 Å². The van der Waals surface area contributed by atoms with Crippen molar-refractivity contribution in [3.63, 3.8) is 0 Å². The van der Waals surface area contributed by atoms with E-state index in [1.54, 1.807) is 18.2 Å². The van der Waals surface area contributed by atoms with Gasteiger partial charge in [0.25, 0.3) is 0 Å². The summed E-state index contributed by atoms with van der Waals surface area (Å²) in [6.45, 7) is 3.76. The second-order valence-electron chi connectivity index (χ2n) is 5.64. The lowest BCUT2D eigenvalue weighted by molar-refractivity contribution is -0.133.